The monoisotopic (exact) mass is 618 g/mol. The molecule has 0 spiro atoms. The third-order valence-electron chi connectivity index (χ3n) is 7.17. The van der Waals surface area contributed by atoms with E-state index in [-0.39, 0.29) is 5.75 Å². The summed E-state index contributed by atoms with van der Waals surface area (Å²) in [5, 5.41) is 0. The maximum absolute atomic E-state index is 12.4. The number of pyridine rings is 1. The Morgan fingerprint density at radius 2 is 1.56 bits per heavy atom. The zero-order valence-corrected chi connectivity index (χ0v) is 26.0. The zero-order chi connectivity index (χ0) is 31.6. The van der Waals surface area contributed by atoms with E-state index in [4.69, 9.17) is 16.0 Å². The molecule has 45 heavy (non-hydrogen) atoms. The third kappa shape index (κ3) is 8.62. The first-order valence-corrected chi connectivity index (χ1v) is 16.2. The molecule has 0 fully saturated rings. The Morgan fingerprint density at radius 3 is 2.31 bits per heavy atom. The summed E-state index contributed by atoms with van der Waals surface area (Å²) >= 11 is 0. The van der Waals surface area contributed by atoms with Crippen LogP contribution >= 0.6 is 0 Å². The van der Waals surface area contributed by atoms with E-state index in [1.165, 1.54) is 0 Å². The van der Waals surface area contributed by atoms with Gasteiger partial charge in [-0.3, -0.25) is 9.71 Å². The van der Waals surface area contributed by atoms with Gasteiger partial charge in [0, 0.05) is 42.8 Å². The Labute approximate surface area is 264 Å². The molecule has 0 saturated carbocycles. The van der Waals surface area contributed by atoms with Crippen LogP contribution in [0.5, 0.6) is 17.2 Å². The molecule has 1 heterocycles. The molecule has 0 unspecified atom stereocenters. The smallest absolute Gasteiger partial charge is 0.232 e. The van der Waals surface area contributed by atoms with Crippen LogP contribution in [0, 0.1) is 13.5 Å². The molecular weight excluding hydrogens is 584 g/mol. The Balaban J connectivity index is 1.34. The molecule has 0 atom stereocenters. The van der Waals surface area contributed by atoms with Crippen molar-refractivity contribution < 1.29 is 17.9 Å². The summed E-state index contributed by atoms with van der Waals surface area (Å²) in [6.45, 7) is 12.4. The summed E-state index contributed by atoms with van der Waals surface area (Å²) < 4.78 is 39.5. The van der Waals surface area contributed by atoms with Crippen LogP contribution in [0.3, 0.4) is 0 Å². The Hall–Kier alpha value is -5.33. The van der Waals surface area contributed by atoms with Gasteiger partial charge in [-0.1, -0.05) is 54.6 Å². The Kier molecular flexibility index (Phi) is 9.97. The average molecular weight is 619 g/mol. The van der Waals surface area contributed by atoms with Crippen molar-refractivity contribution in [2.75, 3.05) is 15.4 Å². The lowest BCUT2D eigenvalue weighted by atomic mass is 10.1. The predicted molar refractivity (Wildman–Crippen MR) is 178 cm³/mol. The van der Waals surface area contributed by atoms with Crippen molar-refractivity contribution >= 4 is 27.1 Å². The highest BCUT2D eigenvalue weighted by molar-refractivity contribution is 7.92. The number of benzene rings is 4. The van der Waals surface area contributed by atoms with Gasteiger partial charge < -0.3 is 14.4 Å². The minimum absolute atomic E-state index is 0.0130. The lowest BCUT2D eigenvalue weighted by Gasteiger charge is -2.28. The number of nitrogens with zero attached hydrogens (tertiary/aromatic N) is 3. The molecule has 0 aliphatic carbocycles. The van der Waals surface area contributed by atoms with Crippen molar-refractivity contribution in [3.05, 3.63) is 149 Å². The predicted octanol–water partition coefficient (Wildman–Crippen LogP) is 8.28. The van der Waals surface area contributed by atoms with Crippen LogP contribution in [0.2, 0.25) is 0 Å². The van der Waals surface area contributed by atoms with Gasteiger partial charge in [0.1, 0.15) is 23.9 Å². The molecule has 0 amide bonds. The van der Waals surface area contributed by atoms with Gasteiger partial charge in [0.25, 0.3) is 0 Å². The zero-order valence-electron chi connectivity index (χ0n) is 25.2. The molecule has 1 N–H and O–H groups in total. The van der Waals surface area contributed by atoms with Crippen LogP contribution in [-0.2, 0) is 29.7 Å². The standard InChI is InChI=1S/C36H34N4O4S/c1-4-45(41,42)39-35-14-7-15-36(27(35)2)40(25-29-9-5-11-31(21-29)37-3)24-28-16-18-32(19-17-28)44-34-13-6-12-33(22-34)43-26-30-10-8-20-38-23-30/h5-23,39H,4,24-26H2,1-2H3. The maximum atomic E-state index is 12.4. The first-order chi connectivity index (χ1) is 21.8. The summed E-state index contributed by atoms with van der Waals surface area (Å²) in [5.41, 5.74) is 5.83. The lowest BCUT2D eigenvalue weighted by molar-refractivity contribution is 0.304. The molecule has 0 aliphatic heterocycles. The topological polar surface area (TPSA) is 85.1 Å². The normalized spacial score (nSPS) is 11.0. The van der Waals surface area contributed by atoms with Gasteiger partial charge in [0.05, 0.1) is 18.0 Å². The van der Waals surface area contributed by atoms with Crippen LogP contribution in [0.15, 0.2) is 116 Å². The van der Waals surface area contributed by atoms with Gasteiger partial charge in [-0.15, -0.1) is 0 Å². The number of aromatic nitrogens is 1. The largest absolute Gasteiger partial charge is 0.489 e. The summed E-state index contributed by atoms with van der Waals surface area (Å²) in [4.78, 5) is 9.88. The number of nitrogens with one attached hydrogen (secondary N) is 1. The number of anilines is 2. The molecule has 8 nitrogen and oxygen atoms in total. The number of hydrogen-bond donors (Lipinski definition) is 1. The second-order valence-corrected chi connectivity index (χ2v) is 12.5. The lowest BCUT2D eigenvalue weighted by Crippen LogP contribution is -2.24. The first kappa shape index (κ1) is 31.1. The van der Waals surface area contributed by atoms with Gasteiger partial charge in [0.15, 0.2) is 5.69 Å². The number of ether oxygens (including phenoxy) is 2. The molecule has 9 heteroatoms. The molecule has 0 radical (unpaired) electrons. The van der Waals surface area contributed by atoms with Gasteiger partial charge in [-0.25, -0.2) is 13.3 Å². The van der Waals surface area contributed by atoms with Crippen molar-refractivity contribution in [3.8, 4) is 17.2 Å². The van der Waals surface area contributed by atoms with E-state index in [2.05, 4.69) is 19.5 Å². The third-order valence-corrected chi connectivity index (χ3v) is 8.46. The SMILES string of the molecule is [C-]#[N+]c1cccc(CN(Cc2ccc(Oc3cccc(OCc4cccnc4)c3)cc2)c2cccc(NS(=O)(=O)CC)c2C)c1. The fourth-order valence-electron chi connectivity index (χ4n) is 4.78. The molecule has 0 aliphatic rings. The van der Waals surface area contributed by atoms with Crippen LogP contribution in [0.25, 0.3) is 4.85 Å². The van der Waals surface area contributed by atoms with E-state index >= 15 is 0 Å². The van der Waals surface area contributed by atoms with E-state index in [1.54, 1.807) is 31.5 Å². The van der Waals surface area contributed by atoms with E-state index < -0.39 is 10.0 Å². The van der Waals surface area contributed by atoms with Crippen LogP contribution in [0.4, 0.5) is 17.1 Å². The quantitative estimate of drug-likeness (QED) is 0.134. The molecule has 4 aromatic carbocycles. The van der Waals surface area contributed by atoms with Crippen LogP contribution < -0.4 is 19.1 Å². The summed E-state index contributed by atoms with van der Waals surface area (Å²) in [6.07, 6.45) is 3.51. The summed E-state index contributed by atoms with van der Waals surface area (Å²) in [7, 11) is -3.44. The Bertz CT molecular complexity index is 1890. The molecule has 1 aromatic heterocycles. The molecule has 5 rings (SSSR count). The summed E-state index contributed by atoms with van der Waals surface area (Å²) in [5.74, 6) is 2.03. The summed E-state index contributed by atoms with van der Waals surface area (Å²) in [6, 6.07) is 32.4. The van der Waals surface area contributed by atoms with Crippen molar-refractivity contribution in [1.29, 1.82) is 0 Å². The number of sulfonamides is 1. The molecular formula is C36H34N4O4S. The number of rotatable bonds is 13. The first-order valence-electron chi connectivity index (χ1n) is 14.5. The van der Waals surface area contributed by atoms with Crippen LogP contribution in [0.1, 0.15) is 29.2 Å². The second kappa shape index (κ2) is 14.4. The van der Waals surface area contributed by atoms with Gasteiger partial charge >= 0.3 is 0 Å². The minimum Gasteiger partial charge on any atom is -0.489 e. The maximum Gasteiger partial charge on any atom is 0.232 e. The highest BCUT2D eigenvalue weighted by Crippen LogP contribution is 2.32. The van der Waals surface area contributed by atoms with E-state index in [1.807, 2.05) is 97.9 Å². The molecule has 5 aromatic rings. The van der Waals surface area contributed by atoms with Crippen molar-refractivity contribution in [1.82, 2.24) is 4.98 Å². The number of hydrogen-bond acceptors (Lipinski definition) is 6. The fourth-order valence-corrected chi connectivity index (χ4v) is 5.48. The van der Waals surface area contributed by atoms with E-state index in [0.717, 1.165) is 27.9 Å². The molecule has 0 bridgehead atoms. The van der Waals surface area contributed by atoms with Crippen molar-refractivity contribution in [3.63, 3.8) is 0 Å². The van der Waals surface area contributed by atoms with Gasteiger partial charge in [-0.05, 0) is 73.0 Å². The van der Waals surface area contributed by atoms with Crippen molar-refractivity contribution in [2.24, 2.45) is 0 Å². The fraction of sp³-hybridized carbons (Fsp3) is 0.167. The highest BCUT2D eigenvalue weighted by atomic mass is 32.2. The average Bonchev–Trinajstić information content (AvgIpc) is 3.06. The highest BCUT2D eigenvalue weighted by Gasteiger charge is 2.16. The Morgan fingerprint density at radius 1 is 0.822 bits per heavy atom. The molecule has 228 valence electrons. The van der Waals surface area contributed by atoms with E-state index in [0.29, 0.717) is 48.3 Å². The second-order valence-electron chi connectivity index (χ2n) is 10.5. The minimum atomic E-state index is -3.44. The van der Waals surface area contributed by atoms with Gasteiger partial charge in [-0.2, -0.15) is 0 Å². The van der Waals surface area contributed by atoms with Gasteiger partial charge in [0.2, 0.25) is 10.0 Å². The molecule has 0 saturated heterocycles. The van der Waals surface area contributed by atoms with E-state index in [9.17, 15) is 8.42 Å². The van der Waals surface area contributed by atoms with Crippen LogP contribution in [-0.4, -0.2) is 19.2 Å². The van der Waals surface area contributed by atoms with Crippen molar-refractivity contribution in [2.45, 2.75) is 33.5 Å².